The van der Waals surface area contributed by atoms with E-state index in [0.29, 0.717) is 61.8 Å². The van der Waals surface area contributed by atoms with Gasteiger partial charge in [-0.2, -0.15) is 0 Å². The van der Waals surface area contributed by atoms with Gasteiger partial charge in [-0.3, -0.25) is 9.59 Å². The predicted octanol–water partition coefficient (Wildman–Crippen LogP) is 5.59. The van der Waals surface area contributed by atoms with Gasteiger partial charge in [-0.25, -0.2) is 9.69 Å². The van der Waals surface area contributed by atoms with E-state index in [2.05, 4.69) is 11.3 Å². The summed E-state index contributed by atoms with van der Waals surface area (Å²) in [6, 6.07) is 2.97. The molecule has 0 N–H and O–H groups in total. The van der Waals surface area contributed by atoms with Gasteiger partial charge in [0.15, 0.2) is 24.0 Å². The van der Waals surface area contributed by atoms with Crippen LogP contribution in [0.1, 0.15) is 87.4 Å². The molecule has 3 heterocycles. The maximum Gasteiger partial charge on any atom is 0.416 e. The van der Waals surface area contributed by atoms with E-state index in [1.54, 1.807) is 12.1 Å². The Morgan fingerprint density at radius 1 is 1.02 bits per heavy atom. The summed E-state index contributed by atoms with van der Waals surface area (Å²) >= 11 is 0. The number of rotatable bonds is 14. The molecular formula is C32H46N2O9. The first-order valence-corrected chi connectivity index (χ1v) is 15.5. The Morgan fingerprint density at radius 2 is 1.81 bits per heavy atom. The number of hydrogen-bond donors (Lipinski definition) is 0. The van der Waals surface area contributed by atoms with Crippen molar-refractivity contribution in [2.75, 3.05) is 45.5 Å². The fourth-order valence-electron chi connectivity index (χ4n) is 5.88. The van der Waals surface area contributed by atoms with E-state index in [1.807, 2.05) is 4.90 Å². The molecule has 43 heavy (non-hydrogen) atoms. The Morgan fingerprint density at radius 3 is 2.56 bits per heavy atom. The second-order valence-corrected chi connectivity index (χ2v) is 11.1. The zero-order valence-corrected chi connectivity index (χ0v) is 25.6. The molecule has 11 heteroatoms. The summed E-state index contributed by atoms with van der Waals surface area (Å²) in [5, 5.41) is 0. The van der Waals surface area contributed by atoms with Crippen molar-refractivity contribution in [3.8, 4) is 11.5 Å². The van der Waals surface area contributed by atoms with E-state index in [1.165, 1.54) is 25.2 Å². The minimum Gasteiger partial charge on any atom is -0.493 e. The van der Waals surface area contributed by atoms with Crippen LogP contribution >= 0.6 is 0 Å². The number of carbonyl (C=O) groups excluding carboxylic acids is 3. The monoisotopic (exact) mass is 602 g/mol. The van der Waals surface area contributed by atoms with E-state index < -0.39 is 18.6 Å². The molecule has 1 aromatic carbocycles. The van der Waals surface area contributed by atoms with E-state index >= 15 is 0 Å². The largest absolute Gasteiger partial charge is 0.493 e. The molecule has 238 valence electrons. The van der Waals surface area contributed by atoms with Gasteiger partial charge in [-0.1, -0.05) is 31.9 Å². The van der Waals surface area contributed by atoms with Crippen LogP contribution in [0.25, 0.3) is 0 Å². The molecule has 3 atom stereocenters. The Labute approximate surface area is 254 Å². The molecule has 0 bridgehead atoms. The maximum absolute atomic E-state index is 14.0. The summed E-state index contributed by atoms with van der Waals surface area (Å²) < 4.78 is 34.5. The molecule has 0 saturated carbocycles. The van der Waals surface area contributed by atoms with Gasteiger partial charge in [-0.15, -0.1) is 0 Å². The smallest absolute Gasteiger partial charge is 0.416 e. The highest BCUT2D eigenvalue weighted by Crippen LogP contribution is 2.42. The van der Waals surface area contributed by atoms with Gasteiger partial charge in [0.05, 0.1) is 38.1 Å². The number of piperidine rings is 1. The minimum absolute atomic E-state index is 0.0127. The van der Waals surface area contributed by atoms with E-state index in [9.17, 15) is 14.4 Å². The lowest BCUT2D eigenvalue weighted by molar-refractivity contribution is -0.198. The van der Waals surface area contributed by atoms with Crippen molar-refractivity contribution in [1.82, 2.24) is 4.90 Å². The predicted molar refractivity (Wildman–Crippen MR) is 159 cm³/mol. The van der Waals surface area contributed by atoms with Gasteiger partial charge in [-0.05, 0) is 57.4 Å². The standard InChI is InChI=1S/C32H46N2O9/c1-4-18-42-32(37)34-25-22-27(40-19-12-7-5-6-8-15-28(35)39-3)26(38-2)21-23(25)30(36)33-17-11-9-14-24(33)31(34)43-29-16-10-13-20-41-29/h4,21-22,24,29,31H,1,5-20H2,2-3H3/t24-,29?,31?/m0/s1. The molecule has 2 unspecified atom stereocenters. The van der Waals surface area contributed by atoms with E-state index in [-0.39, 0.29) is 24.5 Å². The molecular weight excluding hydrogens is 556 g/mol. The van der Waals surface area contributed by atoms with Crippen molar-refractivity contribution in [3.63, 3.8) is 0 Å². The van der Waals surface area contributed by atoms with Crippen LogP contribution in [0.15, 0.2) is 24.8 Å². The first kappa shape index (κ1) is 32.6. The molecule has 2 fully saturated rings. The summed E-state index contributed by atoms with van der Waals surface area (Å²) in [4.78, 5) is 42.3. The lowest BCUT2D eigenvalue weighted by atomic mass is 10.00. The number of anilines is 1. The van der Waals surface area contributed by atoms with E-state index in [4.69, 9.17) is 23.7 Å². The lowest BCUT2D eigenvalue weighted by Gasteiger charge is -2.42. The number of carbonyl (C=O) groups is 3. The number of benzene rings is 1. The summed E-state index contributed by atoms with van der Waals surface area (Å²) in [6.45, 7) is 5.26. The summed E-state index contributed by atoms with van der Waals surface area (Å²) in [5.74, 6) is 0.463. The lowest BCUT2D eigenvalue weighted by Crippen LogP contribution is -2.57. The number of esters is 1. The average molecular weight is 603 g/mol. The molecule has 4 rings (SSSR count). The summed E-state index contributed by atoms with van der Waals surface area (Å²) in [7, 11) is 2.93. The summed E-state index contributed by atoms with van der Waals surface area (Å²) in [6.07, 6.45) is 9.52. The minimum atomic E-state index is -0.808. The zero-order valence-electron chi connectivity index (χ0n) is 25.6. The van der Waals surface area contributed by atoms with Crippen LogP contribution in [-0.2, 0) is 23.7 Å². The topological polar surface area (TPSA) is 113 Å². The molecule has 3 aliphatic rings. The van der Waals surface area contributed by atoms with Gasteiger partial charge in [0, 0.05) is 25.6 Å². The number of nitrogens with zero attached hydrogens (tertiary/aromatic N) is 2. The van der Waals surface area contributed by atoms with Gasteiger partial charge >= 0.3 is 12.1 Å². The fourth-order valence-corrected chi connectivity index (χ4v) is 5.88. The Hall–Kier alpha value is -3.31. The number of methoxy groups -OCH3 is 2. The Kier molecular flexibility index (Phi) is 12.5. The highest BCUT2D eigenvalue weighted by Gasteiger charge is 2.46. The molecule has 11 nitrogen and oxygen atoms in total. The Balaban J connectivity index is 1.59. The second-order valence-electron chi connectivity index (χ2n) is 11.1. The third-order valence-electron chi connectivity index (χ3n) is 8.13. The van der Waals surface area contributed by atoms with Crippen LogP contribution in [0.4, 0.5) is 10.5 Å². The number of ether oxygens (including phenoxy) is 6. The van der Waals surface area contributed by atoms with Crippen molar-refractivity contribution in [1.29, 1.82) is 0 Å². The van der Waals surface area contributed by atoms with E-state index in [0.717, 1.165) is 57.8 Å². The van der Waals surface area contributed by atoms with Crippen LogP contribution in [0.3, 0.4) is 0 Å². The van der Waals surface area contributed by atoms with Crippen molar-refractivity contribution < 1.29 is 42.8 Å². The zero-order chi connectivity index (χ0) is 30.6. The molecule has 3 aliphatic heterocycles. The van der Waals surface area contributed by atoms with Crippen molar-refractivity contribution in [3.05, 3.63) is 30.4 Å². The highest BCUT2D eigenvalue weighted by molar-refractivity contribution is 6.06. The van der Waals surface area contributed by atoms with Gasteiger partial charge < -0.3 is 33.3 Å². The van der Waals surface area contributed by atoms with Crippen LogP contribution in [-0.4, -0.2) is 82.0 Å². The van der Waals surface area contributed by atoms with Crippen LogP contribution in [0.2, 0.25) is 0 Å². The number of unbranched alkanes of at least 4 members (excludes halogenated alkanes) is 4. The van der Waals surface area contributed by atoms with Crippen LogP contribution < -0.4 is 14.4 Å². The third kappa shape index (κ3) is 8.41. The first-order valence-electron chi connectivity index (χ1n) is 15.5. The Bertz CT molecular complexity index is 1100. The van der Waals surface area contributed by atoms with Gasteiger partial charge in [0.2, 0.25) is 0 Å². The number of hydrogen-bond acceptors (Lipinski definition) is 9. The van der Waals surface area contributed by atoms with Crippen LogP contribution in [0, 0.1) is 0 Å². The maximum atomic E-state index is 14.0. The molecule has 0 radical (unpaired) electrons. The van der Waals surface area contributed by atoms with Crippen molar-refractivity contribution in [2.45, 2.75) is 95.6 Å². The molecule has 1 aromatic rings. The number of fused-ring (bicyclic) bond motifs is 2. The SMILES string of the molecule is C=CCOC(=O)N1c2cc(OCCCCCCCC(=O)OC)c(OC)cc2C(=O)N2CCCC[C@H]2C1OC1CCCCO1. The molecule has 0 spiro atoms. The number of amides is 2. The highest BCUT2D eigenvalue weighted by atomic mass is 16.7. The van der Waals surface area contributed by atoms with Crippen LogP contribution in [0.5, 0.6) is 11.5 Å². The van der Waals surface area contributed by atoms with Gasteiger partial charge in [0.1, 0.15) is 6.61 Å². The quantitative estimate of drug-likeness (QED) is 0.153. The second kappa shape index (κ2) is 16.5. The van der Waals surface area contributed by atoms with Crippen molar-refractivity contribution in [2.24, 2.45) is 0 Å². The normalized spacial score (nSPS) is 21.7. The average Bonchev–Trinajstić information content (AvgIpc) is 3.13. The first-order chi connectivity index (χ1) is 21.0. The van der Waals surface area contributed by atoms with Crippen molar-refractivity contribution >= 4 is 23.7 Å². The fraction of sp³-hybridized carbons (Fsp3) is 0.656. The molecule has 0 aromatic heterocycles. The molecule has 2 saturated heterocycles. The third-order valence-corrected chi connectivity index (χ3v) is 8.13. The molecule has 0 aliphatic carbocycles. The molecule has 2 amide bonds. The summed E-state index contributed by atoms with van der Waals surface area (Å²) in [5.41, 5.74) is 0.681. The van der Waals surface area contributed by atoms with Gasteiger partial charge in [0.25, 0.3) is 5.91 Å².